The Balaban J connectivity index is 2.90. The van der Waals surface area contributed by atoms with Crippen LogP contribution >= 0.6 is 0 Å². The van der Waals surface area contributed by atoms with Crippen LogP contribution in [0.5, 0.6) is 5.75 Å². The summed E-state index contributed by atoms with van der Waals surface area (Å²) < 4.78 is 10.2. The van der Waals surface area contributed by atoms with E-state index in [1.165, 1.54) is 0 Å². The molecule has 1 N–H and O–H groups in total. The van der Waals surface area contributed by atoms with Crippen molar-refractivity contribution >= 4 is 5.91 Å². The molecule has 0 fully saturated rings. The molecule has 0 aliphatic carbocycles. The Morgan fingerprint density at radius 3 is 2.82 bits per heavy atom. The van der Waals surface area contributed by atoms with Crippen molar-refractivity contribution in [3.05, 3.63) is 42.0 Å². The third kappa shape index (κ3) is 3.60. The maximum Gasteiger partial charge on any atom is 0.251 e. The van der Waals surface area contributed by atoms with Crippen molar-refractivity contribution in [2.45, 2.75) is 6.61 Å². The SMILES string of the molecule is C=CCNC(=O)c1ccc(OC)c(COC)c1. The van der Waals surface area contributed by atoms with Crippen LogP contribution in [-0.4, -0.2) is 26.7 Å². The van der Waals surface area contributed by atoms with Gasteiger partial charge in [-0.15, -0.1) is 6.58 Å². The zero-order chi connectivity index (χ0) is 12.7. The van der Waals surface area contributed by atoms with Gasteiger partial charge in [-0.25, -0.2) is 0 Å². The first-order valence-corrected chi connectivity index (χ1v) is 5.28. The van der Waals surface area contributed by atoms with Crippen LogP contribution < -0.4 is 10.1 Å². The molecule has 0 radical (unpaired) electrons. The summed E-state index contributed by atoms with van der Waals surface area (Å²) >= 11 is 0. The molecule has 0 aliphatic heterocycles. The summed E-state index contributed by atoms with van der Waals surface area (Å²) in [4.78, 5) is 11.7. The van der Waals surface area contributed by atoms with E-state index in [0.29, 0.717) is 24.5 Å². The lowest BCUT2D eigenvalue weighted by molar-refractivity contribution is 0.0957. The average Bonchev–Trinajstić information content (AvgIpc) is 2.36. The summed E-state index contributed by atoms with van der Waals surface area (Å²) in [6.45, 7) is 4.40. The zero-order valence-corrected chi connectivity index (χ0v) is 10.2. The zero-order valence-electron chi connectivity index (χ0n) is 10.2. The van der Waals surface area contributed by atoms with E-state index in [0.717, 1.165) is 5.56 Å². The monoisotopic (exact) mass is 235 g/mol. The number of carbonyl (C=O) groups excluding carboxylic acids is 1. The van der Waals surface area contributed by atoms with Crippen LogP contribution in [-0.2, 0) is 11.3 Å². The van der Waals surface area contributed by atoms with Gasteiger partial charge in [0, 0.05) is 24.8 Å². The average molecular weight is 235 g/mol. The largest absolute Gasteiger partial charge is 0.496 e. The molecule has 0 aliphatic rings. The molecule has 1 amide bonds. The number of hydrogen-bond donors (Lipinski definition) is 1. The van der Waals surface area contributed by atoms with E-state index >= 15 is 0 Å². The smallest absolute Gasteiger partial charge is 0.251 e. The van der Waals surface area contributed by atoms with Gasteiger partial charge in [0.2, 0.25) is 0 Å². The Bertz CT molecular complexity index is 402. The molecule has 0 atom stereocenters. The number of nitrogens with one attached hydrogen (secondary N) is 1. The maximum absolute atomic E-state index is 11.7. The number of amides is 1. The van der Waals surface area contributed by atoms with E-state index in [-0.39, 0.29) is 5.91 Å². The minimum atomic E-state index is -0.134. The van der Waals surface area contributed by atoms with Gasteiger partial charge < -0.3 is 14.8 Å². The van der Waals surface area contributed by atoms with Crippen molar-refractivity contribution in [3.8, 4) is 5.75 Å². The molecule has 4 heteroatoms. The Kier molecular flexibility index (Phi) is 5.23. The molecule has 0 spiro atoms. The van der Waals surface area contributed by atoms with Gasteiger partial charge in [0.1, 0.15) is 5.75 Å². The summed E-state index contributed by atoms with van der Waals surface area (Å²) in [5, 5.41) is 2.72. The molecule has 0 aromatic heterocycles. The van der Waals surface area contributed by atoms with E-state index < -0.39 is 0 Å². The highest BCUT2D eigenvalue weighted by molar-refractivity contribution is 5.94. The number of ether oxygens (including phenoxy) is 2. The third-order valence-electron chi connectivity index (χ3n) is 2.25. The summed E-state index contributed by atoms with van der Waals surface area (Å²) in [5.74, 6) is 0.581. The van der Waals surface area contributed by atoms with Crippen molar-refractivity contribution < 1.29 is 14.3 Å². The van der Waals surface area contributed by atoms with E-state index in [2.05, 4.69) is 11.9 Å². The first-order valence-electron chi connectivity index (χ1n) is 5.28. The van der Waals surface area contributed by atoms with Gasteiger partial charge in [-0.1, -0.05) is 6.08 Å². The Morgan fingerprint density at radius 2 is 2.24 bits per heavy atom. The fraction of sp³-hybridized carbons (Fsp3) is 0.308. The molecule has 0 saturated carbocycles. The predicted octanol–water partition coefficient (Wildman–Crippen LogP) is 1.76. The minimum Gasteiger partial charge on any atom is -0.496 e. The van der Waals surface area contributed by atoms with Gasteiger partial charge in [0.05, 0.1) is 13.7 Å². The summed E-state index contributed by atoms with van der Waals surface area (Å²) in [6, 6.07) is 5.24. The van der Waals surface area contributed by atoms with Crippen LogP contribution in [0.3, 0.4) is 0 Å². The van der Waals surface area contributed by atoms with Gasteiger partial charge in [-0.05, 0) is 18.2 Å². The van der Waals surface area contributed by atoms with E-state index in [4.69, 9.17) is 9.47 Å². The van der Waals surface area contributed by atoms with Gasteiger partial charge in [0.15, 0.2) is 0 Å². The first-order chi connectivity index (χ1) is 8.22. The Labute approximate surface area is 101 Å². The second-order valence-electron chi connectivity index (χ2n) is 3.46. The Morgan fingerprint density at radius 1 is 1.47 bits per heavy atom. The number of benzene rings is 1. The molecule has 17 heavy (non-hydrogen) atoms. The highest BCUT2D eigenvalue weighted by Gasteiger charge is 2.09. The lowest BCUT2D eigenvalue weighted by atomic mass is 10.1. The van der Waals surface area contributed by atoms with Gasteiger partial charge in [-0.2, -0.15) is 0 Å². The molecular formula is C13H17NO3. The summed E-state index contributed by atoms with van der Waals surface area (Å²) in [7, 11) is 3.19. The van der Waals surface area contributed by atoms with Gasteiger partial charge >= 0.3 is 0 Å². The summed E-state index contributed by atoms with van der Waals surface area (Å²) in [5.41, 5.74) is 1.43. The lowest BCUT2D eigenvalue weighted by Gasteiger charge is -2.10. The third-order valence-corrected chi connectivity index (χ3v) is 2.25. The second kappa shape index (κ2) is 6.70. The normalized spacial score (nSPS) is 9.76. The molecule has 1 aromatic rings. The number of methoxy groups -OCH3 is 2. The van der Waals surface area contributed by atoms with Crippen molar-refractivity contribution in [1.29, 1.82) is 0 Å². The molecule has 0 unspecified atom stereocenters. The van der Waals surface area contributed by atoms with Gasteiger partial charge in [0.25, 0.3) is 5.91 Å². The molecule has 0 bridgehead atoms. The number of hydrogen-bond acceptors (Lipinski definition) is 3. The molecular weight excluding hydrogens is 218 g/mol. The van der Waals surface area contributed by atoms with Crippen molar-refractivity contribution in [1.82, 2.24) is 5.32 Å². The molecule has 0 saturated heterocycles. The lowest BCUT2D eigenvalue weighted by Crippen LogP contribution is -2.23. The molecule has 1 rings (SSSR count). The van der Waals surface area contributed by atoms with Crippen LogP contribution in [0.25, 0.3) is 0 Å². The standard InChI is InChI=1S/C13H17NO3/c1-4-7-14-13(15)10-5-6-12(17-3)11(8-10)9-16-2/h4-6,8H,1,7,9H2,2-3H3,(H,14,15). The Hall–Kier alpha value is -1.81. The number of rotatable bonds is 6. The van der Waals surface area contributed by atoms with E-state index in [1.807, 2.05) is 0 Å². The molecule has 1 aromatic carbocycles. The van der Waals surface area contributed by atoms with E-state index in [1.54, 1.807) is 38.5 Å². The fourth-order valence-corrected chi connectivity index (χ4v) is 1.46. The van der Waals surface area contributed by atoms with Crippen LogP contribution in [0.4, 0.5) is 0 Å². The van der Waals surface area contributed by atoms with Gasteiger partial charge in [-0.3, -0.25) is 4.79 Å². The van der Waals surface area contributed by atoms with Crippen LogP contribution in [0, 0.1) is 0 Å². The topological polar surface area (TPSA) is 47.6 Å². The molecule has 0 heterocycles. The molecule has 92 valence electrons. The van der Waals surface area contributed by atoms with Crippen molar-refractivity contribution in [3.63, 3.8) is 0 Å². The summed E-state index contributed by atoms with van der Waals surface area (Å²) in [6.07, 6.45) is 1.64. The first kappa shape index (κ1) is 13.3. The van der Waals surface area contributed by atoms with Crippen molar-refractivity contribution in [2.75, 3.05) is 20.8 Å². The van der Waals surface area contributed by atoms with Crippen LogP contribution in [0.2, 0.25) is 0 Å². The van der Waals surface area contributed by atoms with E-state index in [9.17, 15) is 4.79 Å². The van der Waals surface area contributed by atoms with Crippen LogP contribution in [0.1, 0.15) is 15.9 Å². The quantitative estimate of drug-likeness (QED) is 0.764. The predicted molar refractivity (Wildman–Crippen MR) is 66.2 cm³/mol. The molecule has 4 nitrogen and oxygen atoms in total. The second-order valence-corrected chi connectivity index (χ2v) is 3.46. The highest BCUT2D eigenvalue weighted by Crippen LogP contribution is 2.20. The van der Waals surface area contributed by atoms with Crippen molar-refractivity contribution in [2.24, 2.45) is 0 Å². The van der Waals surface area contributed by atoms with Crippen LogP contribution in [0.15, 0.2) is 30.9 Å². The fourth-order valence-electron chi connectivity index (χ4n) is 1.46. The highest BCUT2D eigenvalue weighted by atomic mass is 16.5. The number of carbonyl (C=O) groups is 1. The minimum absolute atomic E-state index is 0.134. The maximum atomic E-state index is 11.7.